The Bertz CT molecular complexity index is 582. The van der Waals surface area contributed by atoms with Gasteiger partial charge in [-0.2, -0.15) is 5.10 Å². The number of carbonyl (C=O) groups is 1. The highest BCUT2D eigenvalue weighted by atomic mass is 35.5. The minimum Gasteiger partial charge on any atom is -0.346 e. The van der Waals surface area contributed by atoms with Crippen molar-refractivity contribution in [1.82, 2.24) is 20.1 Å². The Labute approximate surface area is 114 Å². The summed E-state index contributed by atoms with van der Waals surface area (Å²) in [5.74, 6) is -0.301. The van der Waals surface area contributed by atoms with Gasteiger partial charge in [0, 0.05) is 13.2 Å². The lowest BCUT2D eigenvalue weighted by Gasteiger charge is -2.06. The van der Waals surface area contributed by atoms with Crippen LogP contribution in [0.1, 0.15) is 16.1 Å². The molecule has 18 heavy (non-hydrogen) atoms. The number of nitrogens with one attached hydrogen (secondary N) is 1. The standard InChI is InChI=1S/C11H10Cl2N4O/c1-17-7(4-5-15-17)6-14-11(18)8-2-3-9(12)16-10(8)13/h2-5H,6H2,1H3,(H,14,18). The highest BCUT2D eigenvalue weighted by molar-refractivity contribution is 6.34. The molecular weight excluding hydrogens is 275 g/mol. The van der Waals surface area contributed by atoms with Crippen LogP contribution in [0.4, 0.5) is 0 Å². The van der Waals surface area contributed by atoms with Crippen LogP contribution in [-0.2, 0) is 13.6 Å². The molecule has 2 aromatic heterocycles. The molecule has 7 heteroatoms. The SMILES string of the molecule is Cn1nccc1CNC(=O)c1ccc(Cl)nc1Cl. The molecule has 2 heterocycles. The van der Waals surface area contributed by atoms with Crippen molar-refractivity contribution in [2.45, 2.75) is 6.54 Å². The predicted octanol–water partition coefficient (Wildman–Crippen LogP) is 2.05. The number of pyridine rings is 1. The Morgan fingerprint density at radius 3 is 2.78 bits per heavy atom. The molecular formula is C11H10Cl2N4O. The minimum absolute atomic E-state index is 0.0880. The fourth-order valence-corrected chi connectivity index (χ4v) is 1.85. The van der Waals surface area contributed by atoms with Gasteiger partial charge in [-0.25, -0.2) is 4.98 Å². The number of hydrogen-bond acceptors (Lipinski definition) is 3. The van der Waals surface area contributed by atoms with Crippen LogP contribution in [0.2, 0.25) is 10.3 Å². The van der Waals surface area contributed by atoms with Crippen LogP contribution in [0.15, 0.2) is 24.4 Å². The van der Waals surface area contributed by atoms with E-state index in [9.17, 15) is 4.79 Å². The number of aryl methyl sites for hydroxylation is 1. The summed E-state index contributed by atoms with van der Waals surface area (Å²) in [7, 11) is 1.80. The summed E-state index contributed by atoms with van der Waals surface area (Å²) in [6, 6.07) is 4.88. The summed E-state index contributed by atoms with van der Waals surface area (Å²) in [5.41, 5.74) is 1.18. The third kappa shape index (κ3) is 2.80. The largest absolute Gasteiger partial charge is 0.346 e. The van der Waals surface area contributed by atoms with Crippen LogP contribution in [0.3, 0.4) is 0 Å². The van der Waals surface area contributed by atoms with Crippen molar-refractivity contribution < 1.29 is 4.79 Å². The maximum Gasteiger partial charge on any atom is 0.254 e. The van der Waals surface area contributed by atoms with E-state index in [0.29, 0.717) is 12.1 Å². The zero-order valence-electron chi connectivity index (χ0n) is 9.52. The van der Waals surface area contributed by atoms with Gasteiger partial charge < -0.3 is 5.32 Å². The molecule has 0 aromatic carbocycles. The van der Waals surface area contributed by atoms with Gasteiger partial charge in [0.05, 0.1) is 17.8 Å². The van der Waals surface area contributed by atoms with Gasteiger partial charge in [0.1, 0.15) is 10.3 Å². The van der Waals surface area contributed by atoms with E-state index in [1.807, 2.05) is 6.07 Å². The van der Waals surface area contributed by atoms with Crippen LogP contribution in [0, 0.1) is 0 Å². The van der Waals surface area contributed by atoms with Crippen molar-refractivity contribution in [3.63, 3.8) is 0 Å². The molecule has 0 atom stereocenters. The van der Waals surface area contributed by atoms with E-state index in [1.165, 1.54) is 12.1 Å². The molecule has 0 saturated carbocycles. The molecule has 0 fully saturated rings. The Morgan fingerprint density at radius 1 is 1.39 bits per heavy atom. The first kappa shape index (κ1) is 12.9. The first-order valence-corrected chi connectivity index (χ1v) is 5.90. The Hall–Kier alpha value is -1.59. The molecule has 0 aliphatic rings. The second-order valence-electron chi connectivity index (χ2n) is 3.60. The molecule has 0 radical (unpaired) electrons. The van der Waals surface area contributed by atoms with E-state index in [-0.39, 0.29) is 16.2 Å². The molecule has 0 aliphatic carbocycles. The number of amides is 1. The summed E-state index contributed by atoms with van der Waals surface area (Å²) in [6.07, 6.45) is 1.66. The van der Waals surface area contributed by atoms with Gasteiger partial charge in [0.25, 0.3) is 5.91 Å². The maximum absolute atomic E-state index is 11.9. The van der Waals surface area contributed by atoms with Crippen LogP contribution >= 0.6 is 23.2 Å². The number of carbonyl (C=O) groups excluding carboxylic acids is 1. The van der Waals surface area contributed by atoms with E-state index < -0.39 is 0 Å². The normalized spacial score (nSPS) is 10.4. The highest BCUT2D eigenvalue weighted by Crippen LogP contribution is 2.16. The third-order valence-corrected chi connectivity index (χ3v) is 2.91. The Kier molecular flexibility index (Phi) is 3.84. The van der Waals surface area contributed by atoms with Gasteiger partial charge in [-0.15, -0.1) is 0 Å². The summed E-state index contributed by atoms with van der Waals surface area (Å²) >= 11 is 11.5. The average Bonchev–Trinajstić information content (AvgIpc) is 2.72. The highest BCUT2D eigenvalue weighted by Gasteiger charge is 2.12. The first-order valence-electron chi connectivity index (χ1n) is 5.15. The van der Waals surface area contributed by atoms with Crippen molar-refractivity contribution in [2.75, 3.05) is 0 Å². The average molecular weight is 285 g/mol. The maximum atomic E-state index is 11.9. The van der Waals surface area contributed by atoms with Gasteiger partial charge >= 0.3 is 0 Å². The summed E-state index contributed by atoms with van der Waals surface area (Å²) < 4.78 is 1.68. The summed E-state index contributed by atoms with van der Waals surface area (Å²) in [5, 5.41) is 7.08. The molecule has 94 valence electrons. The van der Waals surface area contributed by atoms with Gasteiger partial charge in [-0.05, 0) is 18.2 Å². The number of nitrogens with zero attached hydrogens (tertiary/aromatic N) is 3. The van der Waals surface area contributed by atoms with Gasteiger partial charge in [0.2, 0.25) is 0 Å². The smallest absolute Gasteiger partial charge is 0.254 e. The van der Waals surface area contributed by atoms with Gasteiger partial charge in [0.15, 0.2) is 0 Å². The molecule has 1 N–H and O–H groups in total. The second kappa shape index (κ2) is 5.37. The molecule has 0 bridgehead atoms. The number of hydrogen-bond donors (Lipinski definition) is 1. The third-order valence-electron chi connectivity index (χ3n) is 2.41. The van der Waals surface area contributed by atoms with Crippen molar-refractivity contribution in [2.24, 2.45) is 7.05 Å². The van der Waals surface area contributed by atoms with E-state index in [2.05, 4.69) is 15.4 Å². The van der Waals surface area contributed by atoms with E-state index in [4.69, 9.17) is 23.2 Å². The Balaban J connectivity index is 2.06. The number of halogens is 2. The van der Waals surface area contributed by atoms with Gasteiger partial charge in [-0.3, -0.25) is 9.48 Å². The van der Waals surface area contributed by atoms with E-state index in [1.54, 1.807) is 17.9 Å². The summed E-state index contributed by atoms with van der Waals surface area (Å²) in [4.78, 5) is 15.7. The van der Waals surface area contributed by atoms with Crippen LogP contribution in [0.25, 0.3) is 0 Å². The molecule has 0 spiro atoms. The molecule has 0 saturated heterocycles. The van der Waals surface area contributed by atoms with Crippen LogP contribution in [0.5, 0.6) is 0 Å². The monoisotopic (exact) mass is 284 g/mol. The van der Waals surface area contributed by atoms with Crippen molar-refractivity contribution in [3.8, 4) is 0 Å². The number of aromatic nitrogens is 3. The quantitative estimate of drug-likeness (QED) is 0.878. The topological polar surface area (TPSA) is 59.8 Å². The Morgan fingerprint density at radius 2 is 2.17 bits per heavy atom. The first-order chi connectivity index (χ1) is 8.58. The fraction of sp³-hybridized carbons (Fsp3) is 0.182. The van der Waals surface area contributed by atoms with Crippen molar-refractivity contribution in [3.05, 3.63) is 46.0 Å². The number of rotatable bonds is 3. The van der Waals surface area contributed by atoms with Crippen LogP contribution in [-0.4, -0.2) is 20.7 Å². The van der Waals surface area contributed by atoms with Crippen molar-refractivity contribution >= 4 is 29.1 Å². The van der Waals surface area contributed by atoms with Crippen LogP contribution < -0.4 is 5.32 Å². The molecule has 5 nitrogen and oxygen atoms in total. The second-order valence-corrected chi connectivity index (χ2v) is 4.35. The van der Waals surface area contributed by atoms with E-state index >= 15 is 0 Å². The fourth-order valence-electron chi connectivity index (χ4n) is 1.42. The zero-order valence-corrected chi connectivity index (χ0v) is 11.0. The molecule has 0 unspecified atom stereocenters. The lowest BCUT2D eigenvalue weighted by atomic mass is 10.2. The molecule has 1 amide bonds. The minimum atomic E-state index is -0.301. The lowest BCUT2D eigenvalue weighted by molar-refractivity contribution is 0.0950. The summed E-state index contributed by atoms with van der Waals surface area (Å²) in [6.45, 7) is 0.369. The van der Waals surface area contributed by atoms with Gasteiger partial charge in [-0.1, -0.05) is 23.2 Å². The zero-order chi connectivity index (χ0) is 13.1. The van der Waals surface area contributed by atoms with E-state index in [0.717, 1.165) is 5.69 Å². The lowest BCUT2D eigenvalue weighted by Crippen LogP contribution is -2.24. The van der Waals surface area contributed by atoms with Crippen molar-refractivity contribution in [1.29, 1.82) is 0 Å². The predicted molar refractivity (Wildman–Crippen MR) is 68.6 cm³/mol. The molecule has 0 aliphatic heterocycles. The molecule has 2 rings (SSSR count). The molecule has 2 aromatic rings.